The van der Waals surface area contributed by atoms with Gasteiger partial charge in [-0.25, -0.2) is 0 Å². The second-order valence-corrected chi connectivity index (χ2v) is 8.01. The zero-order valence-electron chi connectivity index (χ0n) is 15.2. The van der Waals surface area contributed by atoms with Crippen molar-refractivity contribution in [3.63, 3.8) is 0 Å². The van der Waals surface area contributed by atoms with Crippen LogP contribution in [-0.4, -0.2) is 57.2 Å². The lowest BCUT2D eigenvalue weighted by Crippen LogP contribution is -2.61. The zero-order valence-corrected chi connectivity index (χ0v) is 15.2. The Bertz CT molecular complexity index is 421. The van der Waals surface area contributed by atoms with E-state index in [0.717, 1.165) is 50.8 Å². The van der Waals surface area contributed by atoms with Crippen LogP contribution in [0.15, 0.2) is 11.6 Å². The molecule has 4 nitrogen and oxygen atoms in total. The molecule has 2 aliphatic heterocycles. The van der Waals surface area contributed by atoms with E-state index in [1.807, 2.05) is 6.92 Å². The topological polar surface area (TPSA) is 63.9 Å². The van der Waals surface area contributed by atoms with Crippen LogP contribution in [0.2, 0.25) is 0 Å². The molecule has 2 fully saturated rings. The molecule has 4 heteroatoms. The third kappa shape index (κ3) is 4.16. The molecule has 6 atom stereocenters. The van der Waals surface area contributed by atoms with E-state index in [-0.39, 0.29) is 12.1 Å². The maximum atomic E-state index is 10.8. The van der Waals surface area contributed by atoms with Crippen molar-refractivity contribution in [2.45, 2.75) is 83.6 Å². The van der Waals surface area contributed by atoms with Gasteiger partial charge in [-0.2, -0.15) is 0 Å². The Balaban J connectivity index is 1.98. The van der Waals surface area contributed by atoms with Gasteiger partial charge in [-0.1, -0.05) is 26.8 Å². The highest BCUT2D eigenvalue weighted by Gasteiger charge is 2.49. The zero-order chi connectivity index (χ0) is 17.2. The summed E-state index contributed by atoms with van der Waals surface area (Å²) >= 11 is 0. The fourth-order valence-corrected chi connectivity index (χ4v) is 4.27. The molecule has 2 saturated heterocycles. The largest absolute Gasteiger partial charge is 0.393 e. The van der Waals surface area contributed by atoms with Gasteiger partial charge in [0.2, 0.25) is 0 Å². The van der Waals surface area contributed by atoms with E-state index < -0.39 is 11.7 Å². The van der Waals surface area contributed by atoms with Crippen LogP contribution in [0, 0.1) is 11.8 Å². The van der Waals surface area contributed by atoms with Crippen molar-refractivity contribution in [3.8, 4) is 0 Å². The molecule has 3 N–H and O–H groups in total. The van der Waals surface area contributed by atoms with Gasteiger partial charge in [0, 0.05) is 12.6 Å². The van der Waals surface area contributed by atoms with E-state index >= 15 is 0 Å². The van der Waals surface area contributed by atoms with Crippen molar-refractivity contribution >= 4 is 0 Å². The summed E-state index contributed by atoms with van der Waals surface area (Å²) < 4.78 is 0. The standard InChI is InChI=1S/C19H35NO3/c1-5-16(21)14(3)9-8-13(2)11-15-12-20-10-6-7-17(20)19(4,23)18(15)22/h11,13-14,16-18,21-23H,5-10,12H2,1-4H3/b15-11+/t13-,14-,16+,17+,18-,19-/m1/s1. The van der Waals surface area contributed by atoms with E-state index in [0.29, 0.717) is 11.8 Å². The number of hydrogen-bond acceptors (Lipinski definition) is 4. The summed E-state index contributed by atoms with van der Waals surface area (Å²) in [6.45, 7) is 9.84. The minimum absolute atomic E-state index is 0.0877. The summed E-state index contributed by atoms with van der Waals surface area (Å²) in [6, 6.07) is 0.0877. The lowest BCUT2D eigenvalue weighted by molar-refractivity contribution is -0.110. The maximum Gasteiger partial charge on any atom is 0.107 e. The number of nitrogens with zero attached hydrogens (tertiary/aromatic N) is 1. The number of aliphatic hydroxyl groups excluding tert-OH is 2. The molecule has 134 valence electrons. The molecular weight excluding hydrogens is 290 g/mol. The van der Waals surface area contributed by atoms with Crippen molar-refractivity contribution in [2.24, 2.45) is 11.8 Å². The first-order chi connectivity index (χ1) is 10.8. The lowest BCUT2D eigenvalue weighted by Gasteiger charge is -2.46. The molecule has 0 bridgehead atoms. The minimum atomic E-state index is -1.05. The second-order valence-electron chi connectivity index (χ2n) is 8.01. The van der Waals surface area contributed by atoms with Crippen LogP contribution >= 0.6 is 0 Å². The SMILES string of the molecule is CC[C@H](O)[C@H](C)CC[C@@H](C)/C=C1\CN2CCC[C@H]2[C@@](C)(O)[C@@H]1O. The molecular formula is C19H35NO3. The Morgan fingerprint density at radius 1 is 1.35 bits per heavy atom. The number of aliphatic hydroxyl groups is 3. The van der Waals surface area contributed by atoms with Crippen LogP contribution in [0.5, 0.6) is 0 Å². The number of hydrogen-bond donors (Lipinski definition) is 3. The van der Waals surface area contributed by atoms with E-state index in [9.17, 15) is 15.3 Å². The molecule has 2 heterocycles. The molecule has 0 aromatic rings. The average Bonchev–Trinajstić information content (AvgIpc) is 2.98. The predicted molar refractivity (Wildman–Crippen MR) is 93.2 cm³/mol. The van der Waals surface area contributed by atoms with Crippen molar-refractivity contribution in [1.82, 2.24) is 4.90 Å². The fraction of sp³-hybridized carbons (Fsp3) is 0.895. The second kappa shape index (κ2) is 7.64. The predicted octanol–water partition coefficient (Wildman–Crippen LogP) is 2.33. The van der Waals surface area contributed by atoms with Gasteiger partial charge >= 0.3 is 0 Å². The normalized spacial score (nSPS) is 37.6. The quantitative estimate of drug-likeness (QED) is 0.656. The molecule has 2 aliphatic rings. The number of allylic oxidation sites excluding steroid dienone is 1. The van der Waals surface area contributed by atoms with Crippen molar-refractivity contribution in [1.29, 1.82) is 0 Å². The summed E-state index contributed by atoms with van der Waals surface area (Å²) in [4.78, 5) is 2.31. The monoisotopic (exact) mass is 325 g/mol. The Labute approximate surface area is 141 Å². The molecule has 0 aliphatic carbocycles. The highest BCUT2D eigenvalue weighted by Crippen LogP contribution is 2.37. The first-order valence-corrected chi connectivity index (χ1v) is 9.30. The van der Waals surface area contributed by atoms with Crippen LogP contribution in [-0.2, 0) is 0 Å². The summed E-state index contributed by atoms with van der Waals surface area (Å²) in [6.07, 6.45) is 6.03. The van der Waals surface area contributed by atoms with E-state index in [4.69, 9.17) is 0 Å². The highest BCUT2D eigenvalue weighted by atomic mass is 16.3. The van der Waals surface area contributed by atoms with Gasteiger partial charge in [0.15, 0.2) is 0 Å². The Morgan fingerprint density at radius 2 is 2.04 bits per heavy atom. The highest BCUT2D eigenvalue weighted by molar-refractivity contribution is 5.23. The molecule has 0 aromatic carbocycles. The first-order valence-electron chi connectivity index (χ1n) is 9.30. The van der Waals surface area contributed by atoms with Gasteiger partial charge in [-0.05, 0) is 63.0 Å². The molecule has 0 radical (unpaired) electrons. The van der Waals surface area contributed by atoms with Crippen LogP contribution in [0.4, 0.5) is 0 Å². The number of fused-ring (bicyclic) bond motifs is 1. The van der Waals surface area contributed by atoms with E-state index in [1.165, 1.54) is 0 Å². The Morgan fingerprint density at radius 3 is 2.70 bits per heavy atom. The van der Waals surface area contributed by atoms with Crippen molar-refractivity contribution in [2.75, 3.05) is 13.1 Å². The van der Waals surface area contributed by atoms with Gasteiger partial charge in [0.05, 0.1) is 6.10 Å². The van der Waals surface area contributed by atoms with Crippen LogP contribution in [0.3, 0.4) is 0 Å². The minimum Gasteiger partial charge on any atom is -0.393 e. The smallest absolute Gasteiger partial charge is 0.107 e. The Hall–Kier alpha value is -0.420. The summed E-state index contributed by atoms with van der Waals surface area (Å²) in [7, 11) is 0. The van der Waals surface area contributed by atoms with Crippen LogP contribution in [0.25, 0.3) is 0 Å². The van der Waals surface area contributed by atoms with Gasteiger partial charge < -0.3 is 15.3 Å². The third-order valence-corrected chi connectivity index (χ3v) is 5.98. The van der Waals surface area contributed by atoms with Gasteiger partial charge in [-0.3, -0.25) is 4.90 Å². The fourth-order valence-electron chi connectivity index (χ4n) is 4.27. The Kier molecular flexibility index (Phi) is 6.28. The molecule has 0 unspecified atom stereocenters. The van der Waals surface area contributed by atoms with Gasteiger partial charge in [0.25, 0.3) is 0 Å². The summed E-state index contributed by atoms with van der Waals surface area (Å²) in [5.74, 6) is 0.657. The van der Waals surface area contributed by atoms with E-state index in [2.05, 4.69) is 24.8 Å². The lowest BCUT2D eigenvalue weighted by atomic mass is 9.79. The number of piperidine rings is 1. The van der Waals surface area contributed by atoms with Crippen LogP contribution in [0.1, 0.15) is 59.8 Å². The van der Waals surface area contributed by atoms with Gasteiger partial charge in [0.1, 0.15) is 11.7 Å². The van der Waals surface area contributed by atoms with Crippen molar-refractivity contribution < 1.29 is 15.3 Å². The van der Waals surface area contributed by atoms with Gasteiger partial charge in [-0.15, -0.1) is 0 Å². The molecule has 0 saturated carbocycles. The van der Waals surface area contributed by atoms with Crippen molar-refractivity contribution in [3.05, 3.63) is 11.6 Å². The summed E-state index contributed by atoms with van der Waals surface area (Å²) in [5.41, 5.74) is -0.0872. The number of rotatable bonds is 6. The maximum absolute atomic E-state index is 10.8. The van der Waals surface area contributed by atoms with E-state index in [1.54, 1.807) is 6.92 Å². The third-order valence-electron chi connectivity index (χ3n) is 5.98. The van der Waals surface area contributed by atoms with Crippen LogP contribution < -0.4 is 0 Å². The molecule has 0 amide bonds. The summed E-state index contributed by atoms with van der Waals surface area (Å²) in [5, 5.41) is 31.2. The average molecular weight is 325 g/mol. The first kappa shape index (κ1) is 18.9. The molecule has 2 rings (SSSR count). The molecule has 0 aromatic heterocycles. The molecule has 0 spiro atoms. The molecule has 23 heavy (non-hydrogen) atoms.